The van der Waals surface area contributed by atoms with Gasteiger partial charge >= 0.3 is 0 Å². The lowest BCUT2D eigenvalue weighted by Gasteiger charge is -2.14. The number of fused-ring (bicyclic) bond motifs is 1. The summed E-state index contributed by atoms with van der Waals surface area (Å²) < 4.78 is 22.7. The zero-order chi connectivity index (χ0) is 20.5. The van der Waals surface area contributed by atoms with Crippen molar-refractivity contribution < 1.29 is 23.4 Å². The van der Waals surface area contributed by atoms with Gasteiger partial charge in [-0.2, -0.15) is 0 Å². The minimum absolute atomic E-state index is 0.233. The summed E-state index contributed by atoms with van der Waals surface area (Å²) in [5.41, 5.74) is 2.18. The van der Waals surface area contributed by atoms with E-state index in [1.54, 1.807) is 39.8 Å². The maximum absolute atomic E-state index is 11.9. The first-order valence-electron chi connectivity index (χ1n) is 8.47. The molecule has 1 aromatic carbocycles. The van der Waals surface area contributed by atoms with Crippen LogP contribution in [0, 0.1) is 0 Å². The predicted molar refractivity (Wildman–Crippen MR) is 115 cm³/mol. The van der Waals surface area contributed by atoms with E-state index in [9.17, 15) is 4.79 Å². The van der Waals surface area contributed by atoms with E-state index in [1.165, 1.54) is 11.8 Å². The highest BCUT2D eigenvalue weighted by atomic mass is 32.2. The molecule has 1 saturated heterocycles. The molecule has 3 heterocycles. The minimum Gasteiger partial charge on any atom is -0.493 e. The van der Waals surface area contributed by atoms with Gasteiger partial charge in [-0.1, -0.05) is 24.0 Å². The molecule has 148 valence electrons. The van der Waals surface area contributed by atoms with Crippen LogP contribution in [-0.2, 0) is 4.79 Å². The Morgan fingerprint density at radius 1 is 1.10 bits per heavy atom. The van der Waals surface area contributed by atoms with Gasteiger partial charge in [-0.15, -0.1) is 0 Å². The fraction of sp³-hybridized carbons (Fsp3) is 0.150. The molecule has 1 fully saturated rings. The normalized spacial score (nSPS) is 15.1. The average molecular weight is 428 g/mol. The summed E-state index contributed by atoms with van der Waals surface area (Å²) in [4.78, 5) is 16.7. The Balaban J connectivity index is 1.84. The van der Waals surface area contributed by atoms with Crippen LogP contribution in [0.15, 0.2) is 39.9 Å². The summed E-state index contributed by atoms with van der Waals surface area (Å²) in [5.74, 6) is 1.86. The molecule has 0 saturated carbocycles. The molecule has 0 unspecified atom stereocenters. The number of hydrogen-bond acceptors (Lipinski definition) is 8. The topological polar surface area (TPSA) is 82.8 Å². The fourth-order valence-corrected chi connectivity index (χ4v) is 4.07. The van der Waals surface area contributed by atoms with Crippen LogP contribution in [0.2, 0.25) is 0 Å². The molecule has 3 aromatic rings. The van der Waals surface area contributed by atoms with Crippen molar-refractivity contribution in [1.29, 1.82) is 0 Å². The van der Waals surface area contributed by atoms with E-state index in [2.05, 4.69) is 10.3 Å². The Labute approximate surface area is 176 Å². The van der Waals surface area contributed by atoms with E-state index in [-0.39, 0.29) is 5.91 Å². The van der Waals surface area contributed by atoms with Crippen molar-refractivity contribution in [3.05, 3.63) is 41.3 Å². The van der Waals surface area contributed by atoms with E-state index in [0.29, 0.717) is 37.8 Å². The minimum atomic E-state index is -0.233. The van der Waals surface area contributed by atoms with Crippen molar-refractivity contribution in [3.8, 4) is 28.4 Å². The van der Waals surface area contributed by atoms with Crippen LogP contribution in [0.1, 0.15) is 5.76 Å². The van der Waals surface area contributed by atoms with Gasteiger partial charge in [0.1, 0.15) is 15.7 Å². The van der Waals surface area contributed by atoms with Gasteiger partial charge in [0.05, 0.1) is 26.2 Å². The molecule has 4 rings (SSSR count). The number of thiocarbonyl (C=S) groups is 1. The van der Waals surface area contributed by atoms with E-state index in [1.807, 2.05) is 18.2 Å². The number of rotatable bonds is 5. The number of hydrogen-bond donors (Lipinski definition) is 1. The van der Waals surface area contributed by atoms with Crippen LogP contribution in [0.4, 0.5) is 0 Å². The van der Waals surface area contributed by atoms with Crippen LogP contribution in [-0.4, -0.2) is 36.5 Å². The van der Waals surface area contributed by atoms with E-state index >= 15 is 0 Å². The smallest absolute Gasteiger partial charge is 0.263 e. The Morgan fingerprint density at radius 2 is 1.83 bits per heavy atom. The molecule has 29 heavy (non-hydrogen) atoms. The van der Waals surface area contributed by atoms with Gasteiger partial charge in [0.25, 0.3) is 5.91 Å². The summed E-state index contributed by atoms with van der Waals surface area (Å²) in [6.45, 7) is 0. The first-order chi connectivity index (χ1) is 14.0. The van der Waals surface area contributed by atoms with Gasteiger partial charge in [-0.3, -0.25) is 9.78 Å². The predicted octanol–water partition coefficient (Wildman–Crippen LogP) is 4.01. The van der Waals surface area contributed by atoms with Crippen molar-refractivity contribution in [2.75, 3.05) is 21.3 Å². The zero-order valence-corrected chi connectivity index (χ0v) is 17.4. The number of methoxy groups -OCH3 is 3. The highest BCUT2D eigenvalue weighted by molar-refractivity contribution is 8.26. The molecule has 1 amide bonds. The standard InChI is InChI=1S/C20H16N2O5S2/c1-24-14-5-10(6-15(25-2)18(14)26-3)13-9-21-8-11-4-12(27-17(11)13)7-16-19(23)22-20(28)29-16/h4-9H,1-3H3,(H,22,23,28)/b16-7+. The van der Waals surface area contributed by atoms with Gasteiger partial charge < -0.3 is 23.9 Å². The first-order valence-corrected chi connectivity index (χ1v) is 9.69. The molecule has 1 aliphatic rings. The zero-order valence-electron chi connectivity index (χ0n) is 15.8. The number of aromatic nitrogens is 1. The summed E-state index contributed by atoms with van der Waals surface area (Å²) in [6, 6.07) is 5.49. The van der Waals surface area contributed by atoms with Gasteiger partial charge in [-0.05, 0) is 23.8 Å². The second-order valence-electron chi connectivity index (χ2n) is 6.02. The molecular weight excluding hydrogens is 412 g/mol. The lowest BCUT2D eigenvalue weighted by molar-refractivity contribution is -0.115. The number of carbonyl (C=O) groups is 1. The third-order valence-corrected chi connectivity index (χ3v) is 5.50. The fourth-order valence-electron chi connectivity index (χ4n) is 3.05. The summed E-state index contributed by atoms with van der Waals surface area (Å²) in [7, 11) is 4.68. The van der Waals surface area contributed by atoms with Crippen LogP contribution in [0.5, 0.6) is 17.2 Å². The summed E-state index contributed by atoms with van der Waals surface area (Å²) >= 11 is 6.22. The van der Waals surface area contributed by atoms with Crippen molar-refractivity contribution in [2.45, 2.75) is 0 Å². The number of benzene rings is 1. The number of amides is 1. The number of thioether (sulfide) groups is 1. The van der Waals surface area contributed by atoms with E-state index < -0.39 is 0 Å². The SMILES string of the molecule is COc1cc(-c2cncc3cc(/C=C4/SC(=S)NC4=O)oc23)cc(OC)c1OC. The Kier molecular flexibility index (Phi) is 5.16. The molecule has 0 aliphatic carbocycles. The molecule has 7 nitrogen and oxygen atoms in total. The highest BCUT2D eigenvalue weighted by Gasteiger charge is 2.23. The molecular formula is C20H16N2O5S2. The number of furan rings is 1. The monoisotopic (exact) mass is 428 g/mol. The van der Waals surface area contributed by atoms with Crippen LogP contribution >= 0.6 is 24.0 Å². The van der Waals surface area contributed by atoms with Crippen LogP contribution < -0.4 is 19.5 Å². The van der Waals surface area contributed by atoms with Crippen LogP contribution in [0.3, 0.4) is 0 Å². The third kappa shape index (κ3) is 3.54. The molecule has 0 atom stereocenters. The molecule has 1 N–H and O–H groups in total. The van der Waals surface area contributed by atoms with Gasteiger partial charge in [0.2, 0.25) is 5.75 Å². The Morgan fingerprint density at radius 3 is 2.41 bits per heavy atom. The molecule has 2 aromatic heterocycles. The largest absolute Gasteiger partial charge is 0.493 e. The summed E-state index contributed by atoms with van der Waals surface area (Å²) in [6.07, 6.45) is 5.07. The van der Waals surface area contributed by atoms with Crippen molar-refractivity contribution >= 4 is 51.3 Å². The van der Waals surface area contributed by atoms with Gasteiger partial charge in [0, 0.05) is 29.4 Å². The number of carbonyl (C=O) groups excluding carboxylic acids is 1. The second kappa shape index (κ2) is 7.76. The first kappa shape index (κ1) is 19.3. The Hall–Kier alpha value is -3.04. The van der Waals surface area contributed by atoms with Crippen LogP contribution in [0.25, 0.3) is 28.2 Å². The lowest BCUT2D eigenvalue weighted by atomic mass is 10.0. The molecule has 9 heteroatoms. The molecule has 1 aliphatic heterocycles. The quantitative estimate of drug-likeness (QED) is 0.482. The van der Waals surface area contributed by atoms with Crippen molar-refractivity contribution in [1.82, 2.24) is 10.3 Å². The van der Waals surface area contributed by atoms with Crippen molar-refractivity contribution in [3.63, 3.8) is 0 Å². The molecule has 0 bridgehead atoms. The van der Waals surface area contributed by atoms with Crippen molar-refractivity contribution in [2.24, 2.45) is 0 Å². The third-order valence-electron chi connectivity index (χ3n) is 4.33. The van der Waals surface area contributed by atoms with E-state index in [4.69, 9.17) is 30.8 Å². The number of nitrogens with one attached hydrogen (secondary N) is 1. The van der Waals surface area contributed by atoms with Gasteiger partial charge in [-0.25, -0.2) is 0 Å². The van der Waals surface area contributed by atoms with Gasteiger partial charge in [0.15, 0.2) is 11.5 Å². The number of nitrogens with zero attached hydrogens (tertiary/aromatic N) is 1. The highest BCUT2D eigenvalue weighted by Crippen LogP contribution is 2.42. The molecule has 0 spiro atoms. The number of ether oxygens (including phenoxy) is 3. The number of pyridine rings is 1. The maximum atomic E-state index is 11.9. The second-order valence-corrected chi connectivity index (χ2v) is 7.74. The lowest BCUT2D eigenvalue weighted by Crippen LogP contribution is -2.17. The van der Waals surface area contributed by atoms with E-state index in [0.717, 1.165) is 16.5 Å². The maximum Gasteiger partial charge on any atom is 0.263 e. The summed E-state index contributed by atoms with van der Waals surface area (Å²) in [5, 5.41) is 3.39. The average Bonchev–Trinajstić information content (AvgIpc) is 3.28. The Bertz CT molecular complexity index is 1140. The molecule has 0 radical (unpaired) electrons.